The summed E-state index contributed by atoms with van der Waals surface area (Å²) < 4.78 is 10.8. The van der Waals surface area contributed by atoms with Gasteiger partial charge in [0.25, 0.3) is 6.01 Å². The fourth-order valence-corrected chi connectivity index (χ4v) is 2.09. The van der Waals surface area contributed by atoms with Gasteiger partial charge in [-0.25, -0.2) is 4.79 Å². The van der Waals surface area contributed by atoms with Gasteiger partial charge in [-0.15, -0.1) is 0 Å². The Balaban J connectivity index is 2.31. The minimum atomic E-state index is -0.978. The van der Waals surface area contributed by atoms with E-state index in [-0.39, 0.29) is 5.56 Å². The van der Waals surface area contributed by atoms with E-state index in [9.17, 15) is 4.79 Å². The number of benzene rings is 1. The molecule has 1 heterocycles. The summed E-state index contributed by atoms with van der Waals surface area (Å²) in [5, 5.41) is 9.01. The summed E-state index contributed by atoms with van der Waals surface area (Å²) in [5.74, 6) is -0.528. The molecule has 114 valence electrons. The van der Waals surface area contributed by atoms with Crippen molar-refractivity contribution in [2.75, 3.05) is 31.7 Å². The van der Waals surface area contributed by atoms with Crippen LogP contribution in [0.3, 0.4) is 0 Å². The Morgan fingerprint density at radius 1 is 1.48 bits per heavy atom. The summed E-state index contributed by atoms with van der Waals surface area (Å²) >= 11 is 0. The van der Waals surface area contributed by atoms with Crippen molar-refractivity contribution >= 4 is 23.1 Å². The Labute approximate surface area is 123 Å². The van der Waals surface area contributed by atoms with Crippen molar-refractivity contribution in [3.63, 3.8) is 0 Å². The zero-order chi connectivity index (χ0) is 15.4. The molecule has 2 aromatic rings. The second-order valence-corrected chi connectivity index (χ2v) is 5.32. The number of carboxylic acid groups (broad SMARTS) is 1. The average Bonchev–Trinajstić information content (AvgIpc) is 2.85. The Kier molecular flexibility index (Phi) is 4.80. The van der Waals surface area contributed by atoms with Crippen LogP contribution in [0.25, 0.3) is 11.1 Å². The number of oxazole rings is 1. The third-order valence-corrected chi connectivity index (χ3v) is 3.05. The number of hydrogen-bond acceptors (Lipinski definition) is 5. The van der Waals surface area contributed by atoms with Crippen LogP contribution in [0.5, 0.6) is 0 Å². The molecule has 0 saturated heterocycles. The quantitative estimate of drug-likeness (QED) is 0.845. The van der Waals surface area contributed by atoms with E-state index in [2.05, 4.69) is 18.8 Å². The van der Waals surface area contributed by atoms with E-state index in [0.717, 1.165) is 6.54 Å². The van der Waals surface area contributed by atoms with Crippen LogP contribution in [-0.4, -0.2) is 42.9 Å². The number of nitrogens with zero attached hydrogens (tertiary/aromatic N) is 2. The number of methoxy groups -OCH3 is 1. The fourth-order valence-electron chi connectivity index (χ4n) is 2.09. The molecule has 0 aliphatic carbocycles. The third-order valence-electron chi connectivity index (χ3n) is 3.05. The predicted molar refractivity (Wildman–Crippen MR) is 79.9 cm³/mol. The lowest BCUT2D eigenvalue weighted by Crippen LogP contribution is -2.31. The maximum Gasteiger partial charge on any atom is 0.335 e. The van der Waals surface area contributed by atoms with Gasteiger partial charge in [0, 0.05) is 20.2 Å². The van der Waals surface area contributed by atoms with Crippen molar-refractivity contribution in [2.24, 2.45) is 5.92 Å². The summed E-state index contributed by atoms with van der Waals surface area (Å²) in [6.45, 7) is 6.27. The normalized spacial score (nSPS) is 11.2. The van der Waals surface area contributed by atoms with Crippen LogP contribution >= 0.6 is 0 Å². The second-order valence-electron chi connectivity index (χ2n) is 5.32. The van der Waals surface area contributed by atoms with Crippen LogP contribution in [0.1, 0.15) is 24.2 Å². The summed E-state index contributed by atoms with van der Waals surface area (Å²) in [6, 6.07) is 5.19. The Morgan fingerprint density at radius 3 is 2.86 bits per heavy atom. The van der Waals surface area contributed by atoms with Crippen molar-refractivity contribution < 1.29 is 19.1 Å². The van der Waals surface area contributed by atoms with E-state index in [4.69, 9.17) is 14.3 Å². The van der Waals surface area contributed by atoms with Crippen molar-refractivity contribution in [1.29, 1.82) is 0 Å². The SMILES string of the molecule is COCCN(CC(C)C)c1nc2ccc(C(=O)O)cc2o1. The first-order valence-corrected chi connectivity index (χ1v) is 6.89. The highest BCUT2D eigenvalue weighted by molar-refractivity contribution is 5.92. The molecule has 1 aromatic carbocycles. The highest BCUT2D eigenvalue weighted by Crippen LogP contribution is 2.23. The van der Waals surface area contributed by atoms with Crippen molar-refractivity contribution in [3.05, 3.63) is 23.8 Å². The molecular formula is C15H20N2O4. The van der Waals surface area contributed by atoms with Gasteiger partial charge in [-0.3, -0.25) is 0 Å². The molecular weight excluding hydrogens is 272 g/mol. The molecule has 0 radical (unpaired) electrons. The number of anilines is 1. The van der Waals surface area contributed by atoms with Crippen molar-refractivity contribution in [3.8, 4) is 0 Å². The first-order valence-electron chi connectivity index (χ1n) is 6.89. The van der Waals surface area contributed by atoms with Crippen molar-refractivity contribution in [2.45, 2.75) is 13.8 Å². The molecule has 0 saturated carbocycles. The zero-order valence-corrected chi connectivity index (χ0v) is 12.5. The Hall–Kier alpha value is -2.08. The molecule has 0 aliphatic heterocycles. The van der Waals surface area contributed by atoms with Crippen LogP contribution in [0.4, 0.5) is 6.01 Å². The average molecular weight is 292 g/mol. The van der Waals surface area contributed by atoms with E-state index < -0.39 is 5.97 Å². The number of fused-ring (bicyclic) bond motifs is 1. The molecule has 0 unspecified atom stereocenters. The van der Waals surface area contributed by atoms with Gasteiger partial charge in [-0.05, 0) is 24.1 Å². The van der Waals surface area contributed by atoms with Gasteiger partial charge in [0.2, 0.25) is 0 Å². The van der Waals surface area contributed by atoms with Crippen LogP contribution in [0.15, 0.2) is 22.6 Å². The van der Waals surface area contributed by atoms with Gasteiger partial charge in [0.1, 0.15) is 5.52 Å². The molecule has 1 N–H and O–H groups in total. The van der Waals surface area contributed by atoms with E-state index in [1.165, 1.54) is 12.1 Å². The predicted octanol–water partition coefficient (Wildman–Crippen LogP) is 2.63. The fraction of sp³-hybridized carbons (Fsp3) is 0.467. The number of carboxylic acids is 1. The zero-order valence-electron chi connectivity index (χ0n) is 12.5. The summed E-state index contributed by atoms with van der Waals surface area (Å²) in [7, 11) is 1.65. The number of carbonyl (C=O) groups is 1. The smallest absolute Gasteiger partial charge is 0.335 e. The van der Waals surface area contributed by atoms with Gasteiger partial charge in [0.05, 0.1) is 12.2 Å². The first-order chi connectivity index (χ1) is 10.0. The van der Waals surface area contributed by atoms with Gasteiger partial charge in [-0.2, -0.15) is 4.98 Å². The van der Waals surface area contributed by atoms with Crippen LogP contribution < -0.4 is 4.90 Å². The van der Waals surface area contributed by atoms with Crippen molar-refractivity contribution in [1.82, 2.24) is 4.98 Å². The molecule has 21 heavy (non-hydrogen) atoms. The molecule has 2 rings (SSSR count). The Morgan fingerprint density at radius 2 is 2.24 bits per heavy atom. The number of hydrogen-bond donors (Lipinski definition) is 1. The summed E-state index contributed by atoms with van der Waals surface area (Å²) in [6.07, 6.45) is 0. The number of aromatic carboxylic acids is 1. The summed E-state index contributed by atoms with van der Waals surface area (Å²) in [4.78, 5) is 17.4. The van der Waals surface area contributed by atoms with E-state index in [1.807, 2.05) is 4.90 Å². The molecule has 0 spiro atoms. The minimum absolute atomic E-state index is 0.192. The largest absolute Gasteiger partial charge is 0.478 e. The lowest BCUT2D eigenvalue weighted by atomic mass is 10.2. The van der Waals surface area contributed by atoms with E-state index in [1.54, 1.807) is 13.2 Å². The molecule has 0 amide bonds. The number of ether oxygens (including phenoxy) is 1. The van der Waals surface area contributed by atoms with Gasteiger partial charge in [0.15, 0.2) is 5.58 Å². The monoisotopic (exact) mass is 292 g/mol. The molecule has 0 atom stereocenters. The second kappa shape index (κ2) is 6.58. The van der Waals surface area contributed by atoms with Crippen LogP contribution in [-0.2, 0) is 4.74 Å². The van der Waals surface area contributed by atoms with Crippen LogP contribution in [0, 0.1) is 5.92 Å². The molecule has 6 nitrogen and oxygen atoms in total. The van der Waals surface area contributed by atoms with Gasteiger partial charge >= 0.3 is 5.97 Å². The molecule has 0 fully saturated rings. The molecule has 0 bridgehead atoms. The highest BCUT2D eigenvalue weighted by atomic mass is 16.5. The minimum Gasteiger partial charge on any atom is -0.478 e. The number of rotatable bonds is 7. The number of aromatic nitrogens is 1. The summed E-state index contributed by atoms with van der Waals surface area (Å²) in [5.41, 5.74) is 1.33. The lowest BCUT2D eigenvalue weighted by Gasteiger charge is -2.21. The standard InChI is InChI=1S/C15H20N2O4/c1-10(2)9-17(6-7-20-3)15-16-12-5-4-11(14(18)19)8-13(12)21-15/h4-5,8,10H,6-7,9H2,1-3H3,(H,18,19). The van der Waals surface area contributed by atoms with Gasteiger partial charge < -0.3 is 19.2 Å². The molecule has 0 aliphatic rings. The van der Waals surface area contributed by atoms with E-state index in [0.29, 0.717) is 36.2 Å². The Bertz CT molecular complexity index is 621. The lowest BCUT2D eigenvalue weighted by molar-refractivity contribution is 0.0697. The molecule has 1 aromatic heterocycles. The topological polar surface area (TPSA) is 75.8 Å². The van der Waals surface area contributed by atoms with E-state index >= 15 is 0 Å². The highest BCUT2D eigenvalue weighted by Gasteiger charge is 2.16. The maximum atomic E-state index is 11.0. The third kappa shape index (κ3) is 3.72. The first kappa shape index (κ1) is 15.3. The molecule has 6 heteroatoms. The van der Waals surface area contributed by atoms with Gasteiger partial charge in [-0.1, -0.05) is 13.8 Å². The van der Waals surface area contributed by atoms with Crippen LogP contribution in [0.2, 0.25) is 0 Å². The maximum absolute atomic E-state index is 11.0.